The lowest BCUT2D eigenvalue weighted by Crippen LogP contribution is -2.34. The molecule has 0 aliphatic heterocycles. The van der Waals surface area contributed by atoms with E-state index in [2.05, 4.69) is 15.5 Å². The van der Waals surface area contributed by atoms with Gasteiger partial charge in [-0.2, -0.15) is 4.98 Å². The summed E-state index contributed by atoms with van der Waals surface area (Å²) in [5.74, 6) is 1.04. The number of hydrogen-bond donors (Lipinski definition) is 3. The van der Waals surface area contributed by atoms with E-state index in [1.54, 1.807) is 0 Å². The van der Waals surface area contributed by atoms with E-state index in [4.69, 9.17) is 16.0 Å². The van der Waals surface area contributed by atoms with E-state index in [9.17, 15) is 4.79 Å². The van der Waals surface area contributed by atoms with E-state index in [1.807, 2.05) is 24.3 Å². The monoisotopic (exact) mass is 301 g/mol. The molecule has 0 bridgehead atoms. The standard InChI is InChI=1S/C15H19N5O2/c16-14(21)18-9-10-3-5-11(6-4-10)12-19-13(20-22-12)15(17)7-1-2-8-15/h3-6H,1-2,7-9,17H2,(H3,16,18,21). The van der Waals surface area contributed by atoms with Gasteiger partial charge in [0.05, 0.1) is 5.54 Å². The summed E-state index contributed by atoms with van der Waals surface area (Å²) in [6, 6.07) is 6.95. The van der Waals surface area contributed by atoms with Crippen LogP contribution in [0.2, 0.25) is 0 Å². The number of aromatic nitrogens is 2. The van der Waals surface area contributed by atoms with Crippen LogP contribution in [0.5, 0.6) is 0 Å². The van der Waals surface area contributed by atoms with Gasteiger partial charge in [-0.05, 0) is 30.5 Å². The van der Waals surface area contributed by atoms with Crippen molar-refractivity contribution in [3.8, 4) is 11.5 Å². The van der Waals surface area contributed by atoms with Crippen molar-refractivity contribution in [3.63, 3.8) is 0 Å². The maximum atomic E-state index is 10.7. The van der Waals surface area contributed by atoms with Gasteiger partial charge in [0.25, 0.3) is 5.89 Å². The molecule has 0 unspecified atom stereocenters. The first-order chi connectivity index (χ1) is 10.6. The molecule has 1 aromatic heterocycles. The molecule has 1 aliphatic rings. The number of amides is 2. The van der Waals surface area contributed by atoms with Crippen molar-refractivity contribution in [1.82, 2.24) is 15.5 Å². The Kier molecular flexibility index (Phi) is 3.81. The smallest absolute Gasteiger partial charge is 0.312 e. The molecule has 7 nitrogen and oxygen atoms in total. The van der Waals surface area contributed by atoms with Crippen molar-refractivity contribution in [2.75, 3.05) is 0 Å². The minimum absolute atomic E-state index is 0.386. The summed E-state index contributed by atoms with van der Waals surface area (Å²) in [6.07, 6.45) is 3.98. The van der Waals surface area contributed by atoms with Gasteiger partial charge in [0.2, 0.25) is 0 Å². The highest BCUT2D eigenvalue weighted by Crippen LogP contribution is 2.35. The fourth-order valence-corrected chi connectivity index (χ4v) is 2.73. The van der Waals surface area contributed by atoms with Crippen LogP contribution in [0.1, 0.15) is 37.1 Å². The summed E-state index contributed by atoms with van der Waals surface area (Å²) >= 11 is 0. The van der Waals surface area contributed by atoms with Gasteiger partial charge in [0.1, 0.15) is 0 Å². The quantitative estimate of drug-likeness (QED) is 0.792. The molecule has 116 valence electrons. The Balaban J connectivity index is 1.74. The predicted octanol–water partition coefficient (Wildman–Crippen LogP) is 1.63. The first kappa shape index (κ1) is 14.5. The fraction of sp³-hybridized carbons (Fsp3) is 0.400. The average molecular weight is 301 g/mol. The molecule has 0 radical (unpaired) electrons. The second kappa shape index (κ2) is 5.76. The number of primary amides is 1. The molecule has 1 aliphatic carbocycles. The maximum absolute atomic E-state index is 10.7. The first-order valence-electron chi connectivity index (χ1n) is 7.32. The zero-order chi connectivity index (χ0) is 15.6. The second-order valence-electron chi connectivity index (χ2n) is 5.70. The summed E-state index contributed by atoms with van der Waals surface area (Å²) in [5.41, 5.74) is 12.7. The molecule has 1 fully saturated rings. The Hall–Kier alpha value is -2.41. The number of hydrogen-bond acceptors (Lipinski definition) is 5. The largest absolute Gasteiger partial charge is 0.352 e. The van der Waals surface area contributed by atoms with Gasteiger partial charge < -0.3 is 21.3 Å². The summed E-state index contributed by atoms with van der Waals surface area (Å²) in [6.45, 7) is 0.386. The van der Waals surface area contributed by atoms with Crippen molar-refractivity contribution < 1.29 is 9.32 Å². The van der Waals surface area contributed by atoms with E-state index in [1.165, 1.54) is 0 Å². The Labute approximate surface area is 128 Å². The van der Waals surface area contributed by atoms with Crippen LogP contribution in [-0.4, -0.2) is 16.2 Å². The molecule has 2 amide bonds. The number of urea groups is 1. The van der Waals surface area contributed by atoms with Gasteiger partial charge >= 0.3 is 6.03 Å². The number of carbonyl (C=O) groups is 1. The Bertz CT molecular complexity index is 659. The number of rotatable bonds is 4. The molecule has 0 atom stereocenters. The van der Waals surface area contributed by atoms with Crippen molar-refractivity contribution in [2.24, 2.45) is 11.5 Å². The van der Waals surface area contributed by atoms with Crippen molar-refractivity contribution in [3.05, 3.63) is 35.7 Å². The van der Waals surface area contributed by atoms with Crippen molar-refractivity contribution >= 4 is 6.03 Å². The van der Waals surface area contributed by atoms with Crippen molar-refractivity contribution in [2.45, 2.75) is 37.8 Å². The molecule has 22 heavy (non-hydrogen) atoms. The molecular weight excluding hydrogens is 282 g/mol. The van der Waals surface area contributed by atoms with Crippen LogP contribution < -0.4 is 16.8 Å². The lowest BCUT2D eigenvalue weighted by atomic mass is 9.99. The fourth-order valence-electron chi connectivity index (χ4n) is 2.73. The topological polar surface area (TPSA) is 120 Å². The van der Waals surface area contributed by atoms with Gasteiger partial charge in [-0.3, -0.25) is 0 Å². The van der Waals surface area contributed by atoms with Gasteiger partial charge in [-0.1, -0.05) is 30.1 Å². The molecule has 2 aromatic rings. The second-order valence-corrected chi connectivity index (χ2v) is 5.70. The summed E-state index contributed by atoms with van der Waals surface area (Å²) < 4.78 is 5.34. The molecule has 0 saturated heterocycles. The zero-order valence-electron chi connectivity index (χ0n) is 12.2. The normalized spacial score (nSPS) is 16.6. The predicted molar refractivity (Wildman–Crippen MR) is 80.5 cm³/mol. The highest BCUT2D eigenvalue weighted by Gasteiger charge is 2.36. The maximum Gasteiger partial charge on any atom is 0.312 e. The first-order valence-corrected chi connectivity index (χ1v) is 7.32. The zero-order valence-corrected chi connectivity index (χ0v) is 12.2. The van der Waals surface area contributed by atoms with E-state index in [0.29, 0.717) is 18.3 Å². The van der Waals surface area contributed by atoms with Gasteiger partial charge in [-0.15, -0.1) is 0 Å². The van der Waals surface area contributed by atoms with Crippen LogP contribution in [0.3, 0.4) is 0 Å². The lowest BCUT2D eigenvalue weighted by Gasteiger charge is -2.17. The molecule has 1 heterocycles. The number of carbonyl (C=O) groups excluding carboxylic acids is 1. The Morgan fingerprint density at radius 2 is 1.95 bits per heavy atom. The Morgan fingerprint density at radius 1 is 1.27 bits per heavy atom. The number of nitrogens with zero attached hydrogens (tertiary/aromatic N) is 2. The van der Waals surface area contributed by atoms with Crippen LogP contribution >= 0.6 is 0 Å². The van der Waals surface area contributed by atoms with Crippen LogP contribution in [0.25, 0.3) is 11.5 Å². The van der Waals surface area contributed by atoms with E-state index in [-0.39, 0.29) is 0 Å². The Morgan fingerprint density at radius 3 is 2.59 bits per heavy atom. The number of benzene rings is 1. The molecular formula is C15H19N5O2. The van der Waals surface area contributed by atoms with E-state index < -0.39 is 11.6 Å². The molecule has 5 N–H and O–H groups in total. The average Bonchev–Trinajstić information content (AvgIpc) is 3.15. The molecule has 0 spiro atoms. The van der Waals surface area contributed by atoms with Crippen LogP contribution in [0, 0.1) is 0 Å². The highest BCUT2D eigenvalue weighted by atomic mass is 16.5. The summed E-state index contributed by atoms with van der Waals surface area (Å²) in [7, 11) is 0. The van der Waals surface area contributed by atoms with Gasteiger partial charge in [0.15, 0.2) is 5.82 Å². The minimum atomic E-state index is -0.546. The highest BCUT2D eigenvalue weighted by molar-refractivity contribution is 5.71. The van der Waals surface area contributed by atoms with Crippen molar-refractivity contribution in [1.29, 1.82) is 0 Å². The lowest BCUT2D eigenvalue weighted by molar-refractivity contribution is 0.248. The third-order valence-electron chi connectivity index (χ3n) is 4.03. The third kappa shape index (κ3) is 2.94. The molecule has 1 aromatic carbocycles. The van der Waals surface area contributed by atoms with Gasteiger partial charge in [0, 0.05) is 12.1 Å². The van der Waals surface area contributed by atoms with E-state index >= 15 is 0 Å². The SMILES string of the molecule is NC(=O)NCc1ccc(-c2nc(C3(N)CCCC3)no2)cc1. The number of nitrogens with one attached hydrogen (secondary N) is 1. The van der Waals surface area contributed by atoms with Crippen LogP contribution in [-0.2, 0) is 12.1 Å². The summed E-state index contributed by atoms with van der Waals surface area (Å²) in [5, 5.41) is 6.58. The molecule has 3 rings (SSSR count). The molecule has 1 saturated carbocycles. The molecule has 7 heteroatoms. The summed E-state index contributed by atoms with van der Waals surface area (Å²) in [4.78, 5) is 15.1. The minimum Gasteiger partial charge on any atom is -0.352 e. The van der Waals surface area contributed by atoms with Crippen LogP contribution in [0.4, 0.5) is 4.79 Å². The third-order valence-corrected chi connectivity index (χ3v) is 4.03. The van der Waals surface area contributed by atoms with E-state index in [0.717, 1.165) is 36.8 Å². The number of nitrogens with two attached hydrogens (primary N) is 2. The van der Waals surface area contributed by atoms with Crippen LogP contribution in [0.15, 0.2) is 28.8 Å². The van der Waals surface area contributed by atoms with Gasteiger partial charge in [-0.25, -0.2) is 4.79 Å².